The molecule has 0 aromatic carbocycles. The minimum absolute atomic E-state index is 0.0481. The molecule has 1 amide bonds. The van der Waals surface area contributed by atoms with Gasteiger partial charge in [0.1, 0.15) is 5.82 Å². The molecule has 1 aromatic heterocycles. The van der Waals surface area contributed by atoms with Crippen LogP contribution in [0.5, 0.6) is 0 Å². The zero-order valence-corrected chi connectivity index (χ0v) is 24.1. The van der Waals surface area contributed by atoms with Gasteiger partial charge in [-0.3, -0.25) is 9.00 Å². The first-order chi connectivity index (χ1) is 15.5. The fraction of sp³-hybridized carbons (Fsp3) is 0.750. The lowest BCUT2D eigenvalue weighted by atomic mass is 9.51. The molecule has 4 saturated carbocycles. The molecule has 5 fully saturated rings. The standard InChI is InChI=1S/C24H33I2N3O3S/c25-33(26,32)7-5-29(6-8-33)22(30)20-14-27-21(19-4-2-1-3-18(19)20)28-23-10-16-9-17(11-23)13-24(31,12-16)15-23/h14,16-17,31H,1-13,15H2,(H,27,28). The SMILES string of the molecule is O=C(c1cnc(NC23CC4CC(CC(O)(C4)C2)C3)c2c1CCCC2)N1CCS(=O)(I)(I)CC1. The first-order valence-electron chi connectivity index (χ1n) is 12.4. The summed E-state index contributed by atoms with van der Waals surface area (Å²) in [5.74, 6) is 3.37. The van der Waals surface area contributed by atoms with Crippen molar-refractivity contribution in [3.8, 4) is 0 Å². The maximum absolute atomic E-state index is 13.5. The lowest BCUT2D eigenvalue weighted by Crippen LogP contribution is -2.62. The van der Waals surface area contributed by atoms with Gasteiger partial charge in [0.2, 0.25) is 0 Å². The highest BCUT2D eigenvalue weighted by Crippen LogP contribution is 2.58. The molecule has 2 heterocycles. The van der Waals surface area contributed by atoms with E-state index in [1.54, 1.807) is 6.20 Å². The number of rotatable bonds is 3. The van der Waals surface area contributed by atoms with E-state index in [-0.39, 0.29) is 11.4 Å². The van der Waals surface area contributed by atoms with Gasteiger partial charge in [0.15, 0.2) is 0 Å². The van der Waals surface area contributed by atoms with Crippen molar-refractivity contribution in [1.82, 2.24) is 9.88 Å². The summed E-state index contributed by atoms with van der Waals surface area (Å²) in [7, 11) is 0. The number of carbonyl (C=O) groups is 1. The zero-order valence-electron chi connectivity index (χ0n) is 19.0. The average Bonchev–Trinajstić information content (AvgIpc) is 2.71. The Morgan fingerprint density at radius 2 is 1.73 bits per heavy atom. The predicted molar refractivity (Wildman–Crippen MR) is 149 cm³/mol. The lowest BCUT2D eigenvalue weighted by molar-refractivity contribution is -0.127. The van der Waals surface area contributed by atoms with Crippen LogP contribution < -0.4 is 5.32 Å². The molecule has 1 saturated heterocycles. The Bertz CT molecular complexity index is 1060. The van der Waals surface area contributed by atoms with Gasteiger partial charge in [0.05, 0.1) is 11.2 Å². The van der Waals surface area contributed by atoms with Crippen molar-refractivity contribution in [2.75, 3.05) is 29.9 Å². The third-order valence-electron chi connectivity index (χ3n) is 8.82. The summed E-state index contributed by atoms with van der Waals surface area (Å²) in [4.78, 5) is 20.2. The smallest absolute Gasteiger partial charge is 0.255 e. The number of aliphatic hydroxyl groups is 1. The molecule has 6 nitrogen and oxygen atoms in total. The van der Waals surface area contributed by atoms with Crippen molar-refractivity contribution in [1.29, 1.82) is 0 Å². The summed E-state index contributed by atoms with van der Waals surface area (Å²) in [5, 5.41) is 15.0. The third kappa shape index (κ3) is 4.39. The van der Waals surface area contributed by atoms with Gasteiger partial charge in [-0.2, -0.15) is 0 Å². The first kappa shape index (κ1) is 23.4. The lowest BCUT2D eigenvalue weighted by Gasteiger charge is -2.60. The van der Waals surface area contributed by atoms with Crippen molar-refractivity contribution in [3.63, 3.8) is 0 Å². The van der Waals surface area contributed by atoms with E-state index < -0.39 is 9.01 Å². The minimum atomic E-state index is -2.63. The Hall–Kier alpha value is -0.0100. The Morgan fingerprint density at radius 3 is 2.36 bits per heavy atom. The fourth-order valence-corrected chi connectivity index (χ4v) is 11.5. The number of nitrogens with one attached hydrogen (secondary N) is 1. The summed E-state index contributed by atoms with van der Waals surface area (Å²) in [5.41, 5.74) is 2.57. The molecule has 7 rings (SSSR count). The number of aromatic nitrogens is 1. The Balaban J connectivity index is 1.28. The second-order valence-corrected chi connectivity index (χ2v) is 31.8. The highest BCUT2D eigenvalue weighted by molar-refractivity contribution is 14.3. The maximum Gasteiger partial charge on any atom is 0.255 e. The zero-order chi connectivity index (χ0) is 23.1. The van der Waals surface area contributed by atoms with Crippen LogP contribution in [0.15, 0.2) is 6.20 Å². The number of amides is 1. The van der Waals surface area contributed by atoms with Gasteiger partial charge in [-0.25, -0.2) is 4.98 Å². The number of halogens is 2. The van der Waals surface area contributed by atoms with E-state index in [4.69, 9.17) is 4.98 Å². The second kappa shape index (κ2) is 7.74. The van der Waals surface area contributed by atoms with Crippen molar-refractivity contribution in [2.45, 2.75) is 75.3 Å². The molecular weight excluding hydrogens is 664 g/mol. The molecule has 5 aliphatic carbocycles. The molecular formula is C24H33I2N3O3S. The summed E-state index contributed by atoms with van der Waals surface area (Å²) >= 11 is 4.24. The number of anilines is 1. The number of nitrogens with zero attached hydrogens (tertiary/aromatic N) is 2. The topological polar surface area (TPSA) is 82.5 Å². The average molecular weight is 697 g/mol. The molecule has 33 heavy (non-hydrogen) atoms. The number of fused-ring (bicyclic) bond motifs is 1. The number of hydrogen-bond acceptors (Lipinski definition) is 5. The van der Waals surface area contributed by atoms with Crippen LogP contribution in [0.1, 0.15) is 72.9 Å². The van der Waals surface area contributed by atoms with Crippen molar-refractivity contribution in [3.05, 3.63) is 22.9 Å². The number of pyridine rings is 1. The highest BCUT2D eigenvalue weighted by Gasteiger charge is 2.57. The highest BCUT2D eigenvalue weighted by atomic mass is 127. The van der Waals surface area contributed by atoms with Gasteiger partial charge in [0.25, 0.3) is 5.91 Å². The Morgan fingerprint density at radius 1 is 1.09 bits per heavy atom. The monoisotopic (exact) mass is 697 g/mol. The molecule has 0 radical (unpaired) electrons. The quantitative estimate of drug-likeness (QED) is 0.361. The molecule has 9 heteroatoms. The molecule has 182 valence electrons. The molecule has 2 unspecified atom stereocenters. The molecule has 0 spiro atoms. The van der Waals surface area contributed by atoms with Gasteiger partial charge in [0, 0.05) is 82.2 Å². The molecule has 2 N–H and O–H groups in total. The summed E-state index contributed by atoms with van der Waals surface area (Å²) in [6.07, 6.45) is 12.2. The molecule has 2 atom stereocenters. The van der Waals surface area contributed by atoms with E-state index >= 15 is 0 Å². The number of carbonyl (C=O) groups excluding carboxylic acids is 1. The van der Waals surface area contributed by atoms with Crippen LogP contribution in [0, 0.1) is 11.8 Å². The maximum atomic E-state index is 13.5. The van der Waals surface area contributed by atoms with Crippen molar-refractivity contribution in [2.24, 2.45) is 11.8 Å². The van der Waals surface area contributed by atoms with Crippen LogP contribution in [0.2, 0.25) is 0 Å². The Labute approximate surface area is 220 Å². The second-order valence-electron chi connectivity index (χ2n) is 11.5. The molecule has 1 aliphatic heterocycles. The van der Waals surface area contributed by atoms with E-state index in [0.29, 0.717) is 36.4 Å². The van der Waals surface area contributed by atoms with Crippen LogP contribution in [0.25, 0.3) is 0 Å². The van der Waals surface area contributed by atoms with E-state index in [0.717, 1.165) is 69.2 Å². The van der Waals surface area contributed by atoms with Crippen molar-refractivity contribution < 1.29 is 14.1 Å². The molecule has 4 bridgehead atoms. The normalized spacial score (nSPS) is 39.4. The molecule has 6 aliphatic rings. The van der Waals surface area contributed by atoms with E-state index in [1.807, 2.05) is 4.90 Å². The number of hydrogen-bond donors (Lipinski definition) is 2. The molecule has 1 aromatic rings. The van der Waals surface area contributed by atoms with Gasteiger partial charge in [-0.15, -0.1) is 0 Å². The summed E-state index contributed by atoms with van der Waals surface area (Å²) < 4.78 is 10.3. The Kier molecular flexibility index (Phi) is 5.49. The van der Waals surface area contributed by atoms with Crippen LogP contribution >= 0.6 is 42.4 Å². The fourth-order valence-electron chi connectivity index (χ4n) is 7.80. The van der Waals surface area contributed by atoms with Crippen LogP contribution in [-0.4, -0.2) is 60.8 Å². The van der Waals surface area contributed by atoms with E-state index in [2.05, 4.69) is 47.7 Å². The minimum Gasteiger partial charge on any atom is -0.390 e. The van der Waals surface area contributed by atoms with Gasteiger partial charge < -0.3 is 15.3 Å². The predicted octanol–water partition coefficient (Wildman–Crippen LogP) is 4.43. The van der Waals surface area contributed by atoms with E-state index in [1.165, 1.54) is 17.5 Å². The van der Waals surface area contributed by atoms with Crippen molar-refractivity contribution >= 4 is 57.5 Å². The van der Waals surface area contributed by atoms with Gasteiger partial charge >= 0.3 is 0 Å². The van der Waals surface area contributed by atoms with Crippen LogP contribution in [0.4, 0.5) is 5.82 Å². The summed E-state index contributed by atoms with van der Waals surface area (Å²) in [6.45, 7) is 1.10. The largest absolute Gasteiger partial charge is 0.390 e. The third-order valence-corrected chi connectivity index (χ3v) is 16.0. The van der Waals surface area contributed by atoms with Crippen LogP contribution in [-0.2, 0) is 16.2 Å². The van der Waals surface area contributed by atoms with Gasteiger partial charge in [-0.05, 0) is 87.2 Å². The first-order valence-corrected chi connectivity index (χ1v) is 19.8. The van der Waals surface area contributed by atoms with E-state index in [9.17, 15) is 14.1 Å². The van der Waals surface area contributed by atoms with Gasteiger partial charge in [-0.1, -0.05) is 0 Å². The van der Waals surface area contributed by atoms with Crippen LogP contribution in [0.3, 0.4) is 0 Å². The summed E-state index contributed by atoms with van der Waals surface area (Å²) in [6, 6.07) is 0.